The highest BCUT2D eigenvalue weighted by atomic mass is 16.5. The molecule has 4 aliphatic heterocycles. The highest BCUT2D eigenvalue weighted by Crippen LogP contribution is 2.34. The van der Waals surface area contributed by atoms with E-state index in [1.54, 1.807) is 0 Å². The van der Waals surface area contributed by atoms with Crippen LogP contribution in [-0.2, 0) is 4.74 Å². The molecule has 2 unspecified atom stereocenters. The molecule has 33 heavy (non-hydrogen) atoms. The van der Waals surface area contributed by atoms with Crippen molar-refractivity contribution in [1.29, 1.82) is 0 Å². The van der Waals surface area contributed by atoms with Crippen LogP contribution in [0.3, 0.4) is 0 Å². The Bertz CT molecular complexity index is 1220. The number of amides is 1. The number of aryl methyl sites for hydroxylation is 2. The van der Waals surface area contributed by atoms with Crippen LogP contribution in [-0.4, -0.2) is 74.2 Å². The molecule has 2 atom stereocenters. The van der Waals surface area contributed by atoms with Crippen LogP contribution in [0, 0.1) is 13.8 Å². The molecule has 0 saturated carbocycles. The summed E-state index contributed by atoms with van der Waals surface area (Å²) >= 11 is 0. The van der Waals surface area contributed by atoms with Crippen LogP contribution in [0.5, 0.6) is 0 Å². The van der Waals surface area contributed by atoms with Crippen LogP contribution in [0.15, 0.2) is 24.4 Å². The lowest BCUT2D eigenvalue weighted by molar-refractivity contribution is -0.133. The van der Waals surface area contributed by atoms with Crippen molar-refractivity contribution in [2.75, 3.05) is 31.1 Å². The third-order valence-corrected chi connectivity index (χ3v) is 7.27. The maximum absolute atomic E-state index is 11.3. The minimum Gasteiger partial charge on any atom is -0.465 e. The van der Waals surface area contributed by atoms with Gasteiger partial charge >= 0.3 is 6.09 Å². The number of carboxylic acid groups (broad SMARTS) is 1. The lowest BCUT2D eigenvalue weighted by Gasteiger charge is -2.47. The summed E-state index contributed by atoms with van der Waals surface area (Å²) in [6, 6.07) is 6.43. The number of ether oxygens (including phenoxy) is 1. The van der Waals surface area contributed by atoms with E-state index in [2.05, 4.69) is 29.1 Å². The number of morpholine rings is 1. The molecule has 3 aromatic rings. The first-order chi connectivity index (χ1) is 15.9. The summed E-state index contributed by atoms with van der Waals surface area (Å²) < 4.78 is 7.69. The quantitative estimate of drug-likeness (QED) is 0.657. The summed E-state index contributed by atoms with van der Waals surface area (Å²) in [7, 11) is 0. The number of piperidine rings is 2. The van der Waals surface area contributed by atoms with Gasteiger partial charge < -0.3 is 19.6 Å². The van der Waals surface area contributed by atoms with E-state index in [-0.39, 0.29) is 0 Å². The van der Waals surface area contributed by atoms with Gasteiger partial charge in [0.05, 0.1) is 23.9 Å². The van der Waals surface area contributed by atoms with Gasteiger partial charge in [0.15, 0.2) is 5.82 Å². The van der Waals surface area contributed by atoms with Crippen LogP contribution in [0.2, 0.25) is 0 Å². The van der Waals surface area contributed by atoms with Crippen LogP contribution in [0.1, 0.15) is 42.1 Å². The molecule has 2 aromatic heterocycles. The number of likely N-dealkylation sites (tertiary alicyclic amines) is 1. The highest BCUT2D eigenvalue weighted by molar-refractivity contribution is 5.82. The van der Waals surface area contributed by atoms with Crippen molar-refractivity contribution in [2.24, 2.45) is 0 Å². The van der Waals surface area contributed by atoms with Gasteiger partial charge in [-0.05, 0) is 55.9 Å². The smallest absolute Gasteiger partial charge is 0.407 e. The Morgan fingerprint density at radius 3 is 2.45 bits per heavy atom. The summed E-state index contributed by atoms with van der Waals surface area (Å²) in [6.07, 6.45) is 4.50. The molecule has 9 nitrogen and oxygen atoms in total. The first kappa shape index (κ1) is 20.4. The molecular weight excluding hydrogens is 420 g/mol. The Morgan fingerprint density at radius 1 is 1.06 bits per heavy atom. The van der Waals surface area contributed by atoms with E-state index in [0.29, 0.717) is 31.2 Å². The van der Waals surface area contributed by atoms with Gasteiger partial charge in [-0.1, -0.05) is 0 Å². The van der Waals surface area contributed by atoms with Crippen molar-refractivity contribution >= 4 is 22.8 Å². The highest BCUT2D eigenvalue weighted by Gasteiger charge is 2.39. The van der Waals surface area contributed by atoms with Crippen molar-refractivity contribution in [2.45, 2.75) is 51.2 Å². The SMILES string of the molecule is Cc1nc(N2CC3CC(C2)O3)cc(-n2ncc3cc(C)c(C4CCN(C(=O)O)CC4)cc32)n1. The molecule has 7 rings (SSSR count). The molecule has 4 aliphatic rings. The summed E-state index contributed by atoms with van der Waals surface area (Å²) in [5.74, 6) is 2.76. The molecule has 4 saturated heterocycles. The van der Waals surface area contributed by atoms with Gasteiger partial charge in [-0.25, -0.2) is 19.4 Å². The lowest BCUT2D eigenvalue weighted by Crippen LogP contribution is -2.57. The fourth-order valence-electron chi connectivity index (χ4n) is 5.56. The van der Waals surface area contributed by atoms with E-state index in [9.17, 15) is 9.90 Å². The van der Waals surface area contributed by atoms with Gasteiger partial charge in [0, 0.05) is 44.1 Å². The van der Waals surface area contributed by atoms with E-state index >= 15 is 0 Å². The number of nitrogens with zero attached hydrogens (tertiary/aromatic N) is 6. The molecule has 0 radical (unpaired) electrons. The Balaban J connectivity index is 1.34. The maximum atomic E-state index is 11.3. The first-order valence-corrected chi connectivity index (χ1v) is 11.7. The Labute approximate surface area is 192 Å². The van der Waals surface area contributed by atoms with Crippen molar-refractivity contribution in [1.82, 2.24) is 24.6 Å². The van der Waals surface area contributed by atoms with E-state index < -0.39 is 6.09 Å². The molecule has 1 N–H and O–H groups in total. The largest absolute Gasteiger partial charge is 0.465 e. The molecule has 172 valence electrons. The zero-order valence-corrected chi connectivity index (χ0v) is 18.9. The van der Waals surface area contributed by atoms with Gasteiger partial charge in [-0.15, -0.1) is 0 Å². The maximum Gasteiger partial charge on any atom is 0.407 e. The number of benzene rings is 1. The number of carbonyl (C=O) groups is 1. The number of fused-ring (bicyclic) bond motifs is 3. The second kappa shape index (κ2) is 7.69. The van der Waals surface area contributed by atoms with E-state index in [1.165, 1.54) is 16.0 Å². The third kappa shape index (κ3) is 3.60. The minimum absolute atomic E-state index is 0.311. The van der Waals surface area contributed by atoms with Crippen molar-refractivity contribution in [3.8, 4) is 5.82 Å². The zero-order chi connectivity index (χ0) is 22.7. The molecule has 4 fully saturated rings. The monoisotopic (exact) mass is 448 g/mol. The number of anilines is 1. The Morgan fingerprint density at radius 2 is 1.76 bits per heavy atom. The van der Waals surface area contributed by atoms with Crippen molar-refractivity contribution < 1.29 is 14.6 Å². The van der Waals surface area contributed by atoms with Gasteiger partial charge in [-0.3, -0.25) is 0 Å². The lowest BCUT2D eigenvalue weighted by atomic mass is 9.86. The van der Waals surface area contributed by atoms with Crippen LogP contribution in [0.4, 0.5) is 10.6 Å². The van der Waals surface area contributed by atoms with E-state index in [0.717, 1.165) is 60.7 Å². The van der Waals surface area contributed by atoms with E-state index in [1.807, 2.05) is 23.9 Å². The predicted octanol–water partition coefficient (Wildman–Crippen LogP) is 3.27. The molecular formula is C24H28N6O3. The second-order valence-corrected chi connectivity index (χ2v) is 9.52. The fraction of sp³-hybridized carbons (Fsp3) is 0.500. The summed E-state index contributed by atoms with van der Waals surface area (Å²) in [5.41, 5.74) is 3.52. The second-order valence-electron chi connectivity index (χ2n) is 9.52. The third-order valence-electron chi connectivity index (χ3n) is 7.27. The first-order valence-electron chi connectivity index (χ1n) is 11.7. The average molecular weight is 449 g/mol. The summed E-state index contributed by atoms with van der Waals surface area (Å²) in [4.78, 5) is 24.5. The summed E-state index contributed by atoms with van der Waals surface area (Å²) in [5, 5.41) is 15.0. The van der Waals surface area contributed by atoms with Crippen LogP contribution in [0.25, 0.3) is 16.7 Å². The topological polar surface area (TPSA) is 96.6 Å². The van der Waals surface area contributed by atoms with Gasteiger partial charge in [0.25, 0.3) is 0 Å². The molecule has 1 aromatic carbocycles. The average Bonchev–Trinajstić information content (AvgIpc) is 3.20. The normalized spacial score (nSPS) is 23.1. The standard InChI is InChI=1S/C24H28N6O3/c1-14-7-17-11-25-30(21(17)9-20(14)16-3-5-28(6-4-16)24(31)32)23-10-22(26-15(2)27-23)29-12-18-8-19(13-29)33-18/h7,9-11,16,18-19H,3-6,8,12-13H2,1-2H3,(H,31,32). The Kier molecular flexibility index (Phi) is 4.76. The van der Waals surface area contributed by atoms with Crippen molar-refractivity contribution in [3.63, 3.8) is 0 Å². The summed E-state index contributed by atoms with van der Waals surface area (Å²) in [6.45, 7) is 6.94. The van der Waals surface area contributed by atoms with Crippen LogP contribution >= 0.6 is 0 Å². The zero-order valence-electron chi connectivity index (χ0n) is 18.9. The fourth-order valence-corrected chi connectivity index (χ4v) is 5.56. The Hall–Kier alpha value is -3.20. The molecule has 9 heteroatoms. The molecule has 0 spiro atoms. The number of rotatable bonds is 3. The number of hydrogen-bond donors (Lipinski definition) is 1. The van der Waals surface area contributed by atoms with E-state index in [4.69, 9.17) is 14.7 Å². The predicted molar refractivity (Wildman–Crippen MR) is 123 cm³/mol. The minimum atomic E-state index is -0.828. The van der Waals surface area contributed by atoms with Crippen LogP contribution < -0.4 is 4.90 Å². The molecule has 1 amide bonds. The number of aromatic nitrogens is 4. The molecule has 6 heterocycles. The van der Waals surface area contributed by atoms with Crippen molar-refractivity contribution in [3.05, 3.63) is 41.3 Å². The molecule has 2 bridgehead atoms. The molecule has 0 aliphatic carbocycles. The van der Waals surface area contributed by atoms with Gasteiger partial charge in [0.1, 0.15) is 11.6 Å². The van der Waals surface area contributed by atoms with Gasteiger partial charge in [-0.2, -0.15) is 5.10 Å². The number of hydrogen-bond acceptors (Lipinski definition) is 6. The van der Waals surface area contributed by atoms with Gasteiger partial charge in [0.2, 0.25) is 0 Å².